The Balaban J connectivity index is 1.55. The van der Waals surface area contributed by atoms with Crippen LogP contribution in [-0.4, -0.2) is 27.5 Å². The molecule has 1 aliphatic rings. The molecule has 3 rings (SSSR count). The minimum absolute atomic E-state index is 0.732. The van der Waals surface area contributed by atoms with Gasteiger partial charge in [-0.1, -0.05) is 0 Å². The summed E-state index contributed by atoms with van der Waals surface area (Å²) in [7, 11) is 0. The maximum Gasteiger partial charge on any atom is 0.0794 e. The normalized spacial score (nSPS) is 19.9. The first-order valence-corrected chi connectivity index (χ1v) is 7.80. The van der Waals surface area contributed by atoms with Gasteiger partial charge in [0.15, 0.2) is 0 Å². The summed E-state index contributed by atoms with van der Waals surface area (Å²) in [4.78, 5) is 12.2. The van der Waals surface area contributed by atoms with E-state index >= 15 is 0 Å². The number of nitrogens with zero attached hydrogens (tertiary/aromatic N) is 3. The maximum absolute atomic E-state index is 4.17. The minimum Gasteiger partial charge on any atom is -0.295 e. The summed E-state index contributed by atoms with van der Waals surface area (Å²) >= 11 is 1.77. The fourth-order valence-electron chi connectivity index (χ4n) is 2.83. The largest absolute Gasteiger partial charge is 0.295 e. The Morgan fingerprint density at radius 2 is 2.16 bits per heavy atom. The van der Waals surface area contributed by atoms with Gasteiger partial charge in [-0.05, 0) is 49.9 Å². The third kappa shape index (κ3) is 3.39. The van der Waals surface area contributed by atoms with Crippen molar-refractivity contribution in [3.63, 3.8) is 0 Å². The zero-order valence-corrected chi connectivity index (χ0v) is 11.9. The second kappa shape index (κ2) is 6.26. The fourth-order valence-corrected chi connectivity index (χ4v) is 3.45. The van der Waals surface area contributed by atoms with Crippen LogP contribution in [0.1, 0.15) is 29.7 Å². The molecule has 2 aromatic rings. The first kappa shape index (κ1) is 12.8. The lowest BCUT2D eigenvalue weighted by Crippen LogP contribution is -2.29. The summed E-state index contributed by atoms with van der Waals surface area (Å²) in [5.74, 6) is 0. The van der Waals surface area contributed by atoms with Crippen LogP contribution in [0.15, 0.2) is 36.2 Å². The van der Waals surface area contributed by atoms with E-state index in [1.807, 2.05) is 24.1 Å². The number of hydrogen-bond donors (Lipinski definition) is 0. The monoisotopic (exact) mass is 273 g/mol. The molecule has 0 aromatic carbocycles. The molecule has 1 atom stereocenters. The predicted octanol–water partition coefficient (Wildman–Crippen LogP) is 3.14. The number of pyridine rings is 1. The van der Waals surface area contributed by atoms with Crippen LogP contribution in [0.3, 0.4) is 0 Å². The molecule has 100 valence electrons. The summed E-state index contributed by atoms with van der Waals surface area (Å²) in [5.41, 5.74) is 3.33. The first-order chi connectivity index (χ1) is 9.42. The number of aryl methyl sites for hydroxylation is 1. The number of hydrogen-bond acceptors (Lipinski definition) is 4. The molecule has 0 bridgehead atoms. The van der Waals surface area contributed by atoms with Gasteiger partial charge in [-0.15, -0.1) is 11.3 Å². The van der Waals surface area contributed by atoms with Crippen LogP contribution in [0.25, 0.3) is 0 Å². The van der Waals surface area contributed by atoms with Crippen molar-refractivity contribution in [2.75, 3.05) is 6.54 Å². The lowest BCUT2D eigenvalue weighted by Gasteiger charge is -2.23. The van der Waals surface area contributed by atoms with E-state index in [4.69, 9.17) is 0 Å². The summed E-state index contributed by atoms with van der Waals surface area (Å²) in [5, 5.41) is 0. The number of thiazole rings is 1. The van der Waals surface area contributed by atoms with Crippen LogP contribution in [0.4, 0.5) is 0 Å². The molecule has 1 unspecified atom stereocenters. The summed E-state index contributed by atoms with van der Waals surface area (Å²) in [6, 6.07) is 4.99. The highest BCUT2D eigenvalue weighted by Crippen LogP contribution is 2.24. The van der Waals surface area contributed by atoms with Crippen LogP contribution in [0.5, 0.6) is 0 Å². The topological polar surface area (TPSA) is 29.0 Å². The van der Waals surface area contributed by atoms with Crippen LogP contribution < -0.4 is 0 Å². The van der Waals surface area contributed by atoms with E-state index in [1.165, 1.54) is 36.2 Å². The molecule has 0 spiro atoms. The predicted molar refractivity (Wildman–Crippen MR) is 78.1 cm³/mol. The van der Waals surface area contributed by atoms with Gasteiger partial charge in [0.25, 0.3) is 0 Å². The van der Waals surface area contributed by atoms with Gasteiger partial charge in [0.05, 0.1) is 5.51 Å². The molecular weight excluding hydrogens is 254 g/mol. The van der Waals surface area contributed by atoms with E-state index < -0.39 is 0 Å². The van der Waals surface area contributed by atoms with Crippen molar-refractivity contribution in [3.8, 4) is 0 Å². The Labute approximate surface area is 118 Å². The molecule has 19 heavy (non-hydrogen) atoms. The van der Waals surface area contributed by atoms with Gasteiger partial charge in [0.2, 0.25) is 0 Å². The van der Waals surface area contributed by atoms with Crippen molar-refractivity contribution in [1.82, 2.24) is 14.9 Å². The lowest BCUT2D eigenvalue weighted by molar-refractivity contribution is 0.236. The van der Waals surface area contributed by atoms with E-state index in [2.05, 4.69) is 27.0 Å². The molecule has 0 N–H and O–H groups in total. The fraction of sp³-hybridized carbons (Fsp3) is 0.467. The highest BCUT2D eigenvalue weighted by Gasteiger charge is 2.24. The molecule has 0 aliphatic carbocycles. The van der Waals surface area contributed by atoms with Gasteiger partial charge >= 0.3 is 0 Å². The highest BCUT2D eigenvalue weighted by atomic mass is 32.1. The third-order valence-electron chi connectivity index (χ3n) is 3.86. The first-order valence-electron chi connectivity index (χ1n) is 6.92. The van der Waals surface area contributed by atoms with E-state index in [-0.39, 0.29) is 0 Å². The van der Waals surface area contributed by atoms with Gasteiger partial charge in [0.1, 0.15) is 0 Å². The van der Waals surface area contributed by atoms with Gasteiger partial charge < -0.3 is 0 Å². The number of aromatic nitrogens is 2. The maximum atomic E-state index is 4.17. The smallest absolute Gasteiger partial charge is 0.0794 e. The summed E-state index contributed by atoms with van der Waals surface area (Å²) in [6.45, 7) is 2.31. The molecule has 1 saturated heterocycles. The van der Waals surface area contributed by atoms with Crippen molar-refractivity contribution < 1.29 is 0 Å². The quantitative estimate of drug-likeness (QED) is 0.838. The van der Waals surface area contributed by atoms with Gasteiger partial charge in [-0.2, -0.15) is 0 Å². The molecule has 0 saturated carbocycles. The SMILES string of the molecule is c1cc(CCC2CCCN2Cc2cncs2)ccn1. The summed E-state index contributed by atoms with van der Waals surface area (Å²) < 4.78 is 0. The molecule has 3 nitrogen and oxygen atoms in total. The minimum atomic E-state index is 0.732. The number of likely N-dealkylation sites (tertiary alicyclic amines) is 1. The average Bonchev–Trinajstić information content (AvgIpc) is 3.10. The second-order valence-electron chi connectivity index (χ2n) is 5.13. The van der Waals surface area contributed by atoms with Gasteiger partial charge in [0, 0.05) is 36.1 Å². The Bertz CT molecular complexity index is 483. The Hall–Kier alpha value is -1.26. The zero-order valence-electron chi connectivity index (χ0n) is 11.0. The highest BCUT2D eigenvalue weighted by molar-refractivity contribution is 7.09. The Kier molecular flexibility index (Phi) is 4.20. The second-order valence-corrected chi connectivity index (χ2v) is 6.10. The van der Waals surface area contributed by atoms with Crippen LogP contribution in [0.2, 0.25) is 0 Å². The molecule has 2 aromatic heterocycles. The van der Waals surface area contributed by atoms with Crippen molar-refractivity contribution in [3.05, 3.63) is 46.7 Å². The van der Waals surface area contributed by atoms with Crippen molar-refractivity contribution >= 4 is 11.3 Å². The molecule has 1 fully saturated rings. The van der Waals surface area contributed by atoms with Crippen molar-refractivity contribution in [2.24, 2.45) is 0 Å². The molecular formula is C15H19N3S. The summed E-state index contributed by atoms with van der Waals surface area (Å²) in [6.07, 6.45) is 10.9. The standard InChI is InChI=1S/C15H19N3S/c1-2-14(4-3-13-5-7-16-8-6-13)18(9-1)11-15-10-17-12-19-15/h5-8,10,12,14H,1-4,9,11H2. The van der Waals surface area contributed by atoms with Crippen LogP contribution >= 0.6 is 11.3 Å². The molecule has 3 heterocycles. The molecule has 0 radical (unpaired) electrons. The van der Waals surface area contributed by atoms with E-state index in [1.54, 1.807) is 11.3 Å². The van der Waals surface area contributed by atoms with Crippen molar-refractivity contribution in [1.29, 1.82) is 0 Å². The van der Waals surface area contributed by atoms with Crippen LogP contribution in [-0.2, 0) is 13.0 Å². The van der Waals surface area contributed by atoms with Gasteiger partial charge in [-0.25, -0.2) is 0 Å². The molecule has 0 amide bonds. The third-order valence-corrected chi connectivity index (χ3v) is 4.62. The van der Waals surface area contributed by atoms with E-state index in [0.717, 1.165) is 19.0 Å². The van der Waals surface area contributed by atoms with E-state index in [0.29, 0.717) is 0 Å². The van der Waals surface area contributed by atoms with Crippen LogP contribution in [0, 0.1) is 0 Å². The molecule has 1 aliphatic heterocycles. The molecule has 4 heteroatoms. The zero-order chi connectivity index (χ0) is 12.9. The lowest BCUT2D eigenvalue weighted by atomic mass is 10.0. The Morgan fingerprint density at radius 1 is 1.26 bits per heavy atom. The van der Waals surface area contributed by atoms with Crippen molar-refractivity contribution in [2.45, 2.75) is 38.3 Å². The van der Waals surface area contributed by atoms with E-state index in [9.17, 15) is 0 Å². The Morgan fingerprint density at radius 3 is 2.95 bits per heavy atom. The van der Waals surface area contributed by atoms with Gasteiger partial charge in [-0.3, -0.25) is 14.9 Å². The number of rotatable bonds is 5. The average molecular weight is 273 g/mol.